The van der Waals surface area contributed by atoms with Crippen LogP contribution in [0.5, 0.6) is 11.5 Å². The number of hydrogen-bond acceptors (Lipinski definition) is 3. The van der Waals surface area contributed by atoms with Gasteiger partial charge in [0.15, 0.2) is 18.2 Å². The third kappa shape index (κ3) is 3.23. The zero-order valence-electron chi connectivity index (χ0n) is 11.2. The Morgan fingerprint density at radius 3 is 2.25 bits per heavy atom. The first-order chi connectivity index (χ1) is 9.45. The fraction of sp³-hybridized carbons (Fsp3) is 0.500. The number of unbranched alkanes of at least 4 members (excludes halogenated alkanes) is 3. The van der Waals surface area contributed by atoms with Crippen molar-refractivity contribution in [2.45, 2.75) is 39.0 Å². The van der Waals surface area contributed by atoms with Crippen molar-refractivity contribution in [2.24, 2.45) is 0 Å². The monoisotopic (exact) mass is 290 g/mol. The second-order valence-corrected chi connectivity index (χ2v) is 4.55. The first kappa shape index (κ1) is 16.3. The number of rotatable bonds is 7. The van der Waals surface area contributed by atoms with Gasteiger partial charge in [-0.15, -0.1) is 0 Å². The summed E-state index contributed by atoms with van der Waals surface area (Å²) in [7, 11) is 0. The second-order valence-electron chi connectivity index (χ2n) is 4.55. The van der Waals surface area contributed by atoms with Crippen LogP contribution in [0.15, 0.2) is 0 Å². The Hall–Kier alpha value is -1.72. The van der Waals surface area contributed by atoms with E-state index in [0.717, 1.165) is 19.3 Å². The fourth-order valence-corrected chi connectivity index (χ4v) is 1.99. The van der Waals surface area contributed by atoms with Gasteiger partial charge in [0.1, 0.15) is 11.4 Å². The fourth-order valence-electron chi connectivity index (χ4n) is 1.99. The molecular weight excluding hydrogens is 273 g/mol. The summed E-state index contributed by atoms with van der Waals surface area (Å²) < 4.78 is 39.9. The van der Waals surface area contributed by atoms with E-state index >= 15 is 0 Å². The minimum atomic E-state index is -1.55. The molecule has 0 heterocycles. The average Bonchev–Trinajstić information content (AvgIpc) is 2.44. The van der Waals surface area contributed by atoms with Crippen molar-refractivity contribution in [3.05, 3.63) is 22.8 Å². The van der Waals surface area contributed by atoms with E-state index in [-0.39, 0.29) is 6.42 Å². The molecule has 2 N–H and O–H groups in total. The first-order valence-corrected chi connectivity index (χ1v) is 6.46. The van der Waals surface area contributed by atoms with Gasteiger partial charge >= 0.3 is 0 Å². The number of halogens is 3. The smallest absolute Gasteiger partial charge is 0.207 e. The summed E-state index contributed by atoms with van der Waals surface area (Å²) in [5.74, 6) is -6.46. The molecule has 0 atom stereocenters. The van der Waals surface area contributed by atoms with Gasteiger partial charge in [-0.2, -0.15) is 4.39 Å². The van der Waals surface area contributed by atoms with Gasteiger partial charge in [-0.3, -0.25) is 4.79 Å². The number of alkyl halides is 1. The highest BCUT2D eigenvalue weighted by Gasteiger charge is 2.27. The zero-order chi connectivity index (χ0) is 15.3. The van der Waals surface area contributed by atoms with Crippen molar-refractivity contribution < 1.29 is 28.2 Å². The number of phenolic OH excluding ortho intramolecular Hbond substituents is 2. The molecule has 1 aromatic carbocycles. The van der Waals surface area contributed by atoms with Gasteiger partial charge in [-0.25, -0.2) is 8.78 Å². The summed E-state index contributed by atoms with van der Waals surface area (Å²) in [6, 6.07) is 0. The third-order valence-corrected chi connectivity index (χ3v) is 3.10. The number of hydrogen-bond donors (Lipinski definition) is 2. The van der Waals surface area contributed by atoms with Gasteiger partial charge in [0.05, 0.1) is 0 Å². The van der Waals surface area contributed by atoms with Gasteiger partial charge in [0.25, 0.3) is 0 Å². The minimum Gasteiger partial charge on any atom is -0.504 e. The van der Waals surface area contributed by atoms with Crippen molar-refractivity contribution in [1.82, 2.24) is 0 Å². The Morgan fingerprint density at radius 2 is 1.70 bits per heavy atom. The third-order valence-electron chi connectivity index (χ3n) is 3.10. The van der Waals surface area contributed by atoms with E-state index in [1.54, 1.807) is 0 Å². The van der Waals surface area contributed by atoms with E-state index in [1.807, 2.05) is 6.92 Å². The number of benzene rings is 1. The lowest BCUT2D eigenvalue weighted by molar-refractivity contribution is 0.0950. The molecule has 0 aliphatic heterocycles. The van der Waals surface area contributed by atoms with E-state index in [9.17, 15) is 28.2 Å². The lowest BCUT2D eigenvalue weighted by Gasteiger charge is -2.12. The van der Waals surface area contributed by atoms with E-state index < -0.39 is 46.7 Å². The average molecular weight is 290 g/mol. The molecule has 112 valence electrons. The molecule has 0 spiro atoms. The van der Waals surface area contributed by atoms with Crippen molar-refractivity contribution >= 4 is 5.78 Å². The molecule has 0 saturated heterocycles. The van der Waals surface area contributed by atoms with E-state index in [2.05, 4.69) is 0 Å². The lowest BCUT2D eigenvalue weighted by Crippen LogP contribution is -2.09. The van der Waals surface area contributed by atoms with Crippen LogP contribution in [-0.4, -0.2) is 22.7 Å². The van der Waals surface area contributed by atoms with Gasteiger partial charge in [-0.1, -0.05) is 26.2 Å². The van der Waals surface area contributed by atoms with Crippen LogP contribution in [-0.2, 0) is 6.42 Å². The molecule has 3 nitrogen and oxygen atoms in total. The maximum absolute atomic E-state index is 14.0. The van der Waals surface area contributed by atoms with Gasteiger partial charge in [0.2, 0.25) is 11.6 Å². The summed E-state index contributed by atoms with van der Waals surface area (Å²) in [6.45, 7) is 0.431. The Bertz CT molecular complexity index is 501. The second kappa shape index (κ2) is 7.17. The first-order valence-electron chi connectivity index (χ1n) is 6.46. The summed E-state index contributed by atoms with van der Waals surface area (Å²) >= 11 is 0. The van der Waals surface area contributed by atoms with Gasteiger partial charge in [0, 0.05) is 5.56 Å². The number of ketones is 1. The molecule has 0 fully saturated rings. The number of carbonyl (C=O) groups is 1. The Morgan fingerprint density at radius 1 is 1.05 bits per heavy atom. The molecule has 0 unspecified atom stereocenters. The number of Topliss-reactive ketones (excluding diaryl/α,β-unsaturated/α-hetero) is 1. The number of aromatic hydroxyl groups is 2. The number of carbonyl (C=O) groups excluding carboxylic acids is 1. The molecule has 6 heteroatoms. The largest absolute Gasteiger partial charge is 0.504 e. The zero-order valence-corrected chi connectivity index (χ0v) is 11.2. The molecule has 1 rings (SSSR count). The summed E-state index contributed by atoms with van der Waals surface area (Å²) in [4.78, 5) is 11.2. The quantitative estimate of drug-likeness (QED) is 0.595. The molecule has 0 saturated carbocycles. The van der Waals surface area contributed by atoms with E-state index in [0.29, 0.717) is 6.42 Å². The van der Waals surface area contributed by atoms with Crippen LogP contribution in [0.1, 0.15) is 48.5 Å². The molecule has 0 bridgehead atoms. The Labute approximate surface area is 115 Å². The number of phenols is 2. The summed E-state index contributed by atoms with van der Waals surface area (Å²) in [5.41, 5.74) is -1.43. The minimum absolute atomic E-state index is 0.0153. The van der Waals surface area contributed by atoms with Crippen molar-refractivity contribution in [3.63, 3.8) is 0 Å². The topological polar surface area (TPSA) is 57.5 Å². The molecule has 1 aromatic rings. The van der Waals surface area contributed by atoms with Gasteiger partial charge < -0.3 is 10.2 Å². The van der Waals surface area contributed by atoms with Crippen LogP contribution in [0.4, 0.5) is 13.2 Å². The van der Waals surface area contributed by atoms with Crippen LogP contribution in [0.3, 0.4) is 0 Å². The standard InChI is InChI=1S/C14H17F3O3/c1-2-3-4-5-6-8-11(16)10(9(18)7-15)14(20)12(17)13(8)19/h19-20H,2-7H2,1H3. The Balaban J connectivity index is 3.16. The normalized spacial score (nSPS) is 10.8. The predicted molar refractivity (Wildman–Crippen MR) is 67.8 cm³/mol. The highest BCUT2D eigenvalue weighted by molar-refractivity contribution is 6.00. The molecule has 0 radical (unpaired) electrons. The molecule has 0 aromatic heterocycles. The predicted octanol–water partition coefficient (Wildman–Crippen LogP) is 3.65. The maximum Gasteiger partial charge on any atom is 0.207 e. The SMILES string of the molecule is CCCCCCc1c(O)c(F)c(O)c(C(=O)CF)c1F. The highest BCUT2D eigenvalue weighted by Crippen LogP contribution is 2.36. The summed E-state index contributed by atoms with van der Waals surface area (Å²) in [6.07, 6.45) is 3.11. The summed E-state index contributed by atoms with van der Waals surface area (Å²) in [5, 5.41) is 18.8. The lowest BCUT2D eigenvalue weighted by atomic mass is 9.98. The van der Waals surface area contributed by atoms with Crippen molar-refractivity contribution in [1.29, 1.82) is 0 Å². The van der Waals surface area contributed by atoms with Gasteiger partial charge in [-0.05, 0) is 12.8 Å². The highest BCUT2D eigenvalue weighted by atomic mass is 19.1. The van der Waals surface area contributed by atoms with Crippen LogP contribution in [0.25, 0.3) is 0 Å². The van der Waals surface area contributed by atoms with Crippen molar-refractivity contribution in [2.75, 3.05) is 6.67 Å². The van der Waals surface area contributed by atoms with Crippen LogP contribution in [0.2, 0.25) is 0 Å². The van der Waals surface area contributed by atoms with E-state index in [4.69, 9.17) is 0 Å². The van der Waals surface area contributed by atoms with E-state index in [1.165, 1.54) is 0 Å². The Kier molecular flexibility index (Phi) is 5.85. The molecular formula is C14H17F3O3. The molecule has 0 aliphatic carbocycles. The van der Waals surface area contributed by atoms with Crippen LogP contribution in [0, 0.1) is 11.6 Å². The molecule has 20 heavy (non-hydrogen) atoms. The van der Waals surface area contributed by atoms with Crippen LogP contribution >= 0.6 is 0 Å². The maximum atomic E-state index is 14.0. The molecule has 0 aliphatic rings. The van der Waals surface area contributed by atoms with Crippen LogP contribution < -0.4 is 0 Å². The van der Waals surface area contributed by atoms with Crippen molar-refractivity contribution in [3.8, 4) is 11.5 Å². The molecule has 0 amide bonds.